The summed E-state index contributed by atoms with van der Waals surface area (Å²) in [6.45, 7) is 4.81. The van der Waals surface area contributed by atoms with Gasteiger partial charge in [0.2, 0.25) is 0 Å². The summed E-state index contributed by atoms with van der Waals surface area (Å²) in [6, 6.07) is 16.2. The largest absolute Gasteiger partial charge is 0.303 e. The third-order valence-electron chi connectivity index (χ3n) is 4.57. The fourth-order valence-electron chi connectivity index (χ4n) is 3.52. The van der Waals surface area contributed by atoms with Gasteiger partial charge in [-0.05, 0) is 41.7 Å². The molecule has 1 fully saturated rings. The van der Waals surface area contributed by atoms with Crippen molar-refractivity contribution in [2.45, 2.75) is 51.6 Å². The highest BCUT2D eigenvalue weighted by atomic mass is 32.1. The molecule has 0 radical (unpaired) electrons. The van der Waals surface area contributed by atoms with E-state index in [-0.39, 0.29) is 0 Å². The summed E-state index contributed by atoms with van der Waals surface area (Å²) in [5.74, 6) is 0. The molecule has 2 heteroatoms. The van der Waals surface area contributed by atoms with Gasteiger partial charge in [0.25, 0.3) is 0 Å². The molecule has 0 amide bonds. The average molecular weight is 299 g/mol. The predicted molar refractivity (Wildman–Crippen MR) is 91.8 cm³/mol. The van der Waals surface area contributed by atoms with E-state index in [0.717, 1.165) is 0 Å². The summed E-state index contributed by atoms with van der Waals surface area (Å²) in [6.07, 6.45) is 5.29. The maximum atomic E-state index is 3.94. The first-order valence-electron chi connectivity index (χ1n) is 7.98. The van der Waals surface area contributed by atoms with Crippen molar-refractivity contribution in [1.82, 2.24) is 5.32 Å². The lowest BCUT2D eigenvalue weighted by molar-refractivity contribution is 0.193. The number of thiophene rings is 1. The maximum absolute atomic E-state index is 3.94. The molecule has 0 aliphatic heterocycles. The van der Waals surface area contributed by atoms with Gasteiger partial charge >= 0.3 is 0 Å². The molecule has 2 aromatic rings. The van der Waals surface area contributed by atoms with Gasteiger partial charge in [0, 0.05) is 10.9 Å². The number of nitrogens with one attached hydrogen (secondary N) is 1. The molecule has 1 nitrogen and oxygen atoms in total. The van der Waals surface area contributed by atoms with Gasteiger partial charge in [-0.3, -0.25) is 0 Å². The Morgan fingerprint density at radius 1 is 1.14 bits per heavy atom. The molecule has 1 aromatic heterocycles. The van der Waals surface area contributed by atoms with Gasteiger partial charge in [0.1, 0.15) is 0 Å². The van der Waals surface area contributed by atoms with Crippen LogP contribution in [0.5, 0.6) is 0 Å². The van der Waals surface area contributed by atoms with E-state index in [1.54, 1.807) is 0 Å². The van der Waals surface area contributed by atoms with E-state index in [2.05, 4.69) is 67.0 Å². The smallest absolute Gasteiger partial charge is 0.0673 e. The van der Waals surface area contributed by atoms with Crippen LogP contribution in [0.1, 0.15) is 56.0 Å². The summed E-state index contributed by atoms with van der Waals surface area (Å²) >= 11 is 1.85. The number of hydrogen-bond donors (Lipinski definition) is 1. The Morgan fingerprint density at radius 3 is 2.62 bits per heavy atom. The minimum absolute atomic E-state index is 0.338. The first kappa shape index (κ1) is 14.8. The molecule has 2 atom stereocenters. The molecule has 0 spiro atoms. The number of benzene rings is 1. The van der Waals surface area contributed by atoms with Gasteiger partial charge in [-0.15, -0.1) is 11.3 Å². The Morgan fingerprint density at radius 2 is 1.95 bits per heavy atom. The van der Waals surface area contributed by atoms with Crippen molar-refractivity contribution in [3.63, 3.8) is 0 Å². The quantitative estimate of drug-likeness (QED) is 0.797. The zero-order valence-corrected chi connectivity index (χ0v) is 13.8. The van der Waals surface area contributed by atoms with E-state index in [4.69, 9.17) is 0 Å². The Kier molecular flexibility index (Phi) is 4.46. The molecule has 1 saturated carbocycles. The Labute approximate surface area is 132 Å². The molecule has 0 bridgehead atoms. The van der Waals surface area contributed by atoms with Crippen LogP contribution in [-0.4, -0.2) is 6.04 Å². The van der Waals surface area contributed by atoms with E-state index in [1.165, 1.54) is 36.1 Å². The molecule has 21 heavy (non-hydrogen) atoms. The Hall–Kier alpha value is -1.12. The fourth-order valence-corrected chi connectivity index (χ4v) is 4.33. The molecular formula is C19H25NS. The van der Waals surface area contributed by atoms with Crippen LogP contribution < -0.4 is 5.32 Å². The second kappa shape index (κ2) is 6.33. The highest BCUT2D eigenvalue weighted by Gasteiger charge is 2.29. The van der Waals surface area contributed by atoms with Crippen LogP contribution in [0.3, 0.4) is 0 Å². The molecule has 112 valence electrons. The third-order valence-corrected chi connectivity index (χ3v) is 5.51. The Bertz CT molecular complexity index is 544. The topological polar surface area (TPSA) is 12.0 Å². The van der Waals surface area contributed by atoms with Crippen LogP contribution in [0.4, 0.5) is 0 Å². The number of rotatable bonds is 4. The standard InChI is InChI=1S/C19H25NS/c1-19(2)12-6-10-16(14-19)20-18(17-11-7-13-21-17)15-8-4-3-5-9-15/h3-5,7-9,11,13,16,18,20H,6,10,12,14H2,1-2H3. The second-order valence-corrected chi connectivity index (χ2v) is 7.96. The minimum atomic E-state index is 0.338. The lowest BCUT2D eigenvalue weighted by Crippen LogP contribution is -2.39. The maximum Gasteiger partial charge on any atom is 0.0673 e. The van der Waals surface area contributed by atoms with Crippen molar-refractivity contribution in [2.24, 2.45) is 5.41 Å². The van der Waals surface area contributed by atoms with Gasteiger partial charge in [0.05, 0.1) is 6.04 Å². The summed E-state index contributed by atoms with van der Waals surface area (Å²) in [7, 11) is 0. The van der Waals surface area contributed by atoms with Crippen LogP contribution in [-0.2, 0) is 0 Å². The van der Waals surface area contributed by atoms with E-state index in [1.807, 2.05) is 11.3 Å². The monoisotopic (exact) mass is 299 g/mol. The predicted octanol–water partition coefficient (Wildman–Crippen LogP) is 5.40. The van der Waals surface area contributed by atoms with Crippen molar-refractivity contribution in [2.75, 3.05) is 0 Å². The van der Waals surface area contributed by atoms with Crippen molar-refractivity contribution in [3.05, 3.63) is 58.3 Å². The number of hydrogen-bond acceptors (Lipinski definition) is 2. The lowest BCUT2D eigenvalue weighted by Gasteiger charge is -2.37. The molecule has 1 heterocycles. The summed E-state index contributed by atoms with van der Waals surface area (Å²) in [5.41, 5.74) is 1.86. The average Bonchev–Trinajstić information content (AvgIpc) is 2.99. The summed E-state index contributed by atoms with van der Waals surface area (Å²) < 4.78 is 0. The first-order chi connectivity index (χ1) is 10.1. The van der Waals surface area contributed by atoms with Crippen molar-refractivity contribution in [1.29, 1.82) is 0 Å². The van der Waals surface area contributed by atoms with Crippen LogP contribution in [0, 0.1) is 5.41 Å². The second-order valence-electron chi connectivity index (χ2n) is 6.98. The van der Waals surface area contributed by atoms with E-state index in [9.17, 15) is 0 Å². The third kappa shape index (κ3) is 3.75. The molecule has 0 saturated heterocycles. The zero-order chi connectivity index (χ0) is 14.7. The molecule has 1 N–H and O–H groups in total. The minimum Gasteiger partial charge on any atom is -0.303 e. The SMILES string of the molecule is CC1(C)CCCC(NC(c2ccccc2)c2cccs2)C1. The lowest BCUT2D eigenvalue weighted by atomic mass is 9.75. The summed E-state index contributed by atoms with van der Waals surface area (Å²) in [4.78, 5) is 1.42. The van der Waals surface area contributed by atoms with Crippen molar-refractivity contribution in [3.8, 4) is 0 Å². The molecule has 1 aromatic carbocycles. The Balaban J connectivity index is 1.80. The van der Waals surface area contributed by atoms with Gasteiger partial charge in [-0.2, -0.15) is 0 Å². The molecule has 1 aliphatic carbocycles. The van der Waals surface area contributed by atoms with E-state index < -0.39 is 0 Å². The highest BCUT2D eigenvalue weighted by Crippen LogP contribution is 2.37. The normalized spacial score (nSPS) is 22.9. The zero-order valence-electron chi connectivity index (χ0n) is 13.0. The van der Waals surface area contributed by atoms with Gasteiger partial charge in [0.15, 0.2) is 0 Å². The van der Waals surface area contributed by atoms with E-state index in [0.29, 0.717) is 17.5 Å². The molecule has 1 aliphatic rings. The van der Waals surface area contributed by atoms with Crippen LogP contribution >= 0.6 is 11.3 Å². The van der Waals surface area contributed by atoms with Gasteiger partial charge in [-0.1, -0.05) is 56.7 Å². The molecule has 2 unspecified atom stereocenters. The fraction of sp³-hybridized carbons (Fsp3) is 0.474. The van der Waals surface area contributed by atoms with E-state index >= 15 is 0 Å². The van der Waals surface area contributed by atoms with Crippen molar-refractivity contribution >= 4 is 11.3 Å². The molecular weight excluding hydrogens is 274 g/mol. The highest BCUT2D eigenvalue weighted by molar-refractivity contribution is 7.10. The van der Waals surface area contributed by atoms with Gasteiger partial charge < -0.3 is 5.32 Å². The van der Waals surface area contributed by atoms with Crippen LogP contribution in [0.2, 0.25) is 0 Å². The molecule has 3 rings (SSSR count). The van der Waals surface area contributed by atoms with Crippen LogP contribution in [0.15, 0.2) is 47.8 Å². The summed E-state index contributed by atoms with van der Waals surface area (Å²) in [5, 5.41) is 6.12. The van der Waals surface area contributed by atoms with Gasteiger partial charge in [-0.25, -0.2) is 0 Å². The van der Waals surface area contributed by atoms with Crippen LogP contribution in [0.25, 0.3) is 0 Å². The first-order valence-corrected chi connectivity index (χ1v) is 8.86. The van der Waals surface area contributed by atoms with Crippen molar-refractivity contribution < 1.29 is 0 Å².